The van der Waals surface area contributed by atoms with Gasteiger partial charge in [0, 0.05) is 31.4 Å². The van der Waals surface area contributed by atoms with Crippen LogP contribution in [0.4, 0.5) is 11.6 Å². The fourth-order valence-corrected chi connectivity index (χ4v) is 1.74. The molecule has 0 saturated carbocycles. The van der Waals surface area contributed by atoms with Crippen molar-refractivity contribution >= 4 is 11.6 Å². The second kappa shape index (κ2) is 5.99. The zero-order valence-electron chi connectivity index (χ0n) is 11.3. The molecule has 0 aliphatic rings. The molecule has 0 aliphatic carbocycles. The van der Waals surface area contributed by atoms with Gasteiger partial charge in [-0.2, -0.15) is 0 Å². The van der Waals surface area contributed by atoms with Crippen LogP contribution in [0.2, 0.25) is 0 Å². The summed E-state index contributed by atoms with van der Waals surface area (Å²) < 4.78 is 5.09. The molecule has 2 rings (SSSR count). The maximum absolute atomic E-state index is 5.09. The molecule has 100 valence electrons. The number of rotatable bonds is 5. The van der Waals surface area contributed by atoms with Crippen molar-refractivity contribution in [2.45, 2.75) is 13.5 Å². The summed E-state index contributed by atoms with van der Waals surface area (Å²) in [5.41, 5.74) is 2.07. The Balaban J connectivity index is 2.10. The topological polar surface area (TPSA) is 72.0 Å². The lowest BCUT2D eigenvalue weighted by molar-refractivity contribution is 0.397. The fourth-order valence-electron chi connectivity index (χ4n) is 1.74. The molecule has 0 bridgehead atoms. The highest BCUT2D eigenvalue weighted by molar-refractivity contribution is 5.56. The van der Waals surface area contributed by atoms with E-state index in [0.717, 1.165) is 22.8 Å². The molecule has 0 atom stereocenters. The molecule has 0 unspecified atom stereocenters. The Morgan fingerprint density at radius 1 is 1.21 bits per heavy atom. The lowest BCUT2D eigenvalue weighted by atomic mass is 10.2. The zero-order valence-corrected chi connectivity index (χ0v) is 11.3. The summed E-state index contributed by atoms with van der Waals surface area (Å²) >= 11 is 0. The first kappa shape index (κ1) is 13.1. The maximum Gasteiger partial charge on any atom is 0.213 e. The van der Waals surface area contributed by atoms with Gasteiger partial charge in [-0.3, -0.25) is 0 Å². The van der Waals surface area contributed by atoms with Crippen LogP contribution in [0.15, 0.2) is 24.7 Å². The van der Waals surface area contributed by atoms with E-state index in [1.54, 1.807) is 13.3 Å². The van der Waals surface area contributed by atoms with E-state index in [9.17, 15) is 0 Å². The van der Waals surface area contributed by atoms with Gasteiger partial charge in [0.25, 0.3) is 0 Å². The van der Waals surface area contributed by atoms with Crippen LogP contribution in [0.1, 0.15) is 11.1 Å². The van der Waals surface area contributed by atoms with Gasteiger partial charge < -0.3 is 15.4 Å². The van der Waals surface area contributed by atoms with Gasteiger partial charge in [0.1, 0.15) is 18.0 Å². The molecule has 0 amide bonds. The van der Waals surface area contributed by atoms with Gasteiger partial charge in [-0.1, -0.05) is 0 Å². The van der Waals surface area contributed by atoms with Crippen molar-refractivity contribution in [3.05, 3.63) is 35.8 Å². The van der Waals surface area contributed by atoms with Crippen LogP contribution in [0.3, 0.4) is 0 Å². The standard InChI is InChI=1S/C13H17N5O/c1-9-12(14-2)17-8-18-13(9)16-7-10-4-5-15-11(6-10)19-3/h4-6,8H,7H2,1-3H3,(H2,14,16,17,18). The van der Waals surface area contributed by atoms with Crippen LogP contribution in [0, 0.1) is 6.92 Å². The molecule has 19 heavy (non-hydrogen) atoms. The zero-order chi connectivity index (χ0) is 13.7. The van der Waals surface area contributed by atoms with Crippen LogP contribution < -0.4 is 15.4 Å². The minimum absolute atomic E-state index is 0.606. The number of nitrogens with one attached hydrogen (secondary N) is 2. The number of anilines is 2. The Morgan fingerprint density at radius 3 is 2.74 bits per heavy atom. The first-order valence-electron chi connectivity index (χ1n) is 5.96. The van der Waals surface area contributed by atoms with Crippen LogP contribution >= 0.6 is 0 Å². The first-order chi connectivity index (χ1) is 9.24. The molecule has 0 fully saturated rings. The predicted molar refractivity (Wildman–Crippen MR) is 74.4 cm³/mol. The van der Waals surface area contributed by atoms with Crippen molar-refractivity contribution in [3.8, 4) is 5.88 Å². The average molecular weight is 259 g/mol. The molecule has 2 heterocycles. The third kappa shape index (κ3) is 3.09. The van der Waals surface area contributed by atoms with Crippen LogP contribution in [-0.4, -0.2) is 29.1 Å². The average Bonchev–Trinajstić information content (AvgIpc) is 2.46. The number of nitrogens with zero attached hydrogens (tertiary/aromatic N) is 3. The molecular formula is C13H17N5O. The number of pyridine rings is 1. The molecular weight excluding hydrogens is 242 g/mol. The fraction of sp³-hybridized carbons (Fsp3) is 0.308. The molecule has 2 aromatic heterocycles. The third-order valence-electron chi connectivity index (χ3n) is 2.79. The van der Waals surface area contributed by atoms with Gasteiger partial charge in [-0.05, 0) is 18.6 Å². The van der Waals surface area contributed by atoms with Crippen molar-refractivity contribution in [2.24, 2.45) is 0 Å². The van der Waals surface area contributed by atoms with Gasteiger partial charge in [0.2, 0.25) is 5.88 Å². The lowest BCUT2D eigenvalue weighted by Crippen LogP contribution is -2.06. The van der Waals surface area contributed by atoms with Gasteiger partial charge in [0.15, 0.2) is 0 Å². The molecule has 6 nitrogen and oxygen atoms in total. The van der Waals surface area contributed by atoms with Gasteiger partial charge in [0.05, 0.1) is 7.11 Å². The Labute approximate surface area is 112 Å². The maximum atomic E-state index is 5.09. The molecule has 2 N–H and O–H groups in total. The third-order valence-corrected chi connectivity index (χ3v) is 2.79. The van der Waals surface area contributed by atoms with Crippen molar-refractivity contribution in [3.63, 3.8) is 0 Å². The summed E-state index contributed by atoms with van der Waals surface area (Å²) in [6.07, 6.45) is 3.26. The number of aromatic nitrogens is 3. The van der Waals surface area contributed by atoms with Gasteiger partial charge >= 0.3 is 0 Å². The predicted octanol–water partition coefficient (Wildman–Crippen LogP) is 1.84. The monoisotopic (exact) mass is 259 g/mol. The molecule has 0 radical (unpaired) electrons. The van der Waals surface area contributed by atoms with Crippen LogP contribution in [0.5, 0.6) is 5.88 Å². The van der Waals surface area contributed by atoms with Gasteiger partial charge in [-0.25, -0.2) is 15.0 Å². The smallest absolute Gasteiger partial charge is 0.213 e. The lowest BCUT2D eigenvalue weighted by Gasteiger charge is -2.11. The minimum Gasteiger partial charge on any atom is -0.481 e. The Morgan fingerprint density at radius 2 is 2.00 bits per heavy atom. The highest BCUT2D eigenvalue weighted by Gasteiger charge is 2.05. The van der Waals surface area contributed by atoms with Gasteiger partial charge in [-0.15, -0.1) is 0 Å². The Hall–Kier alpha value is -2.37. The summed E-state index contributed by atoms with van der Waals surface area (Å²) in [4.78, 5) is 12.5. The largest absolute Gasteiger partial charge is 0.481 e. The Kier molecular flexibility index (Phi) is 4.12. The summed E-state index contributed by atoms with van der Waals surface area (Å²) in [5.74, 6) is 2.24. The molecule has 6 heteroatoms. The second-order valence-electron chi connectivity index (χ2n) is 4.01. The van der Waals surface area contributed by atoms with E-state index in [0.29, 0.717) is 12.4 Å². The number of hydrogen-bond donors (Lipinski definition) is 2. The minimum atomic E-state index is 0.606. The Bertz CT molecular complexity index is 558. The normalized spacial score (nSPS) is 10.1. The molecule has 0 aromatic carbocycles. The van der Waals surface area contributed by atoms with E-state index in [-0.39, 0.29) is 0 Å². The van der Waals surface area contributed by atoms with E-state index in [1.807, 2.05) is 26.1 Å². The highest BCUT2D eigenvalue weighted by Crippen LogP contribution is 2.18. The number of methoxy groups -OCH3 is 1. The number of ether oxygens (including phenoxy) is 1. The van der Waals surface area contributed by atoms with E-state index in [2.05, 4.69) is 25.6 Å². The van der Waals surface area contributed by atoms with E-state index in [4.69, 9.17) is 4.74 Å². The summed E-state index contributed by atoms with van der Waals surface area (Å²) in [7, 11) is 3.44. The summed E-state index contributed by atoms with van der Waals surface area (Å²) in [6, 6.07) is 3.83. The molecule has 0 spiro atoms. The van der Waals surface area contributed by atoms with E-state index < -0.39 is 0 Å². The molecule has 0 saturated heterocycles. The van der Waals surface area contributed by atoms with Crippen molar-refractivity contribution in [1.82, 2.24) is 15.0 Å². The molecule has 2 aromatic rings. The number of hydrogen-bond acceptors (Lipinski definition) is 6. The second-order valence-corrected chi connectivity index (χ2v) is 4.01. The van der Waals surface area contributed by atoms with Crippen LogP contribution in [0.25, 0.3) is 0 Å². The molecule has 0 aliphatic heterocycles. The van der Waals surface area contributed by atoms with Crippen molar-refractivity contribution in [2.75, 3.05) is 24.8 Å². The van der Waals surface area contributed by atoms with E-state index >= 15 is 0 Å². The highest BCUT2D eigenvalue weighted by atomic mass is 16.5. The first-order valence-corrected chi connectivity index (χ1v) is 5.96. The summed E-state index contributed by atoms with van der Waals surface area (Å²) in [5, 5.41) is 6.31. The SMILES string of the molecule is CNc1ncnc(NCc2ccnc(OC)c2)c1C. The summed E-state index contributed by atoms with van der Waals surface area (Å²) in [6.45, 7) is 2.63. The quantitative estimate of drug-likeness (QED) is 0.853. The van der Waals surface area contributed by atoms with Crippen molar-refractivity contribution in [1.29, 1.82) is 0 Å². The van der Waals surface area contributed by atoms with Crippen LogP contribution in [-0.2, 0) is 6.54 Å². The van der Waals surface area contributed by atoms with E-state index in [1.165, 1.54) is 6.33 Å². The van der Waals surface area contributed by atoms with Crippen molar-refractivity contribution < 1.29 is 4.74 Å².